The van der Waals surface area contributed by atoms with Gasteiger partial charge in [-0.1, -0.05) is 29.8 Å². The van der Waals surface area contributed by atoms with Gasteiger partial charge in [-0.15, -0.1) is 0 Å². The molecule has 1 aromatic carbocycles. The van der Waals surface area contributed by atoms with Gasteiger partial charge in [0.05, 0.1) is 18.8 Å². The summed E-state index contributed by atoms with van der Waals surface area (Å²) in [6.07, 6.45) is 1.08. The van der Waals surface area contributed by atoms with Crippen molar-refractivity contribution < 1.29 is 14.3 Å². The lowest BCUT2D eigenvalue weighted by molar-refractivity contribution is -0.161. The van der Waals surface area contributed by atoms with Crippen LogP contribution in [0.4, 0.5) is 0 Å². The number of ether oxygens (including phenoxy) is 2. The van der Waals surface area contributed by atoms with Crippen molar-refractivity contribution in [2.24, 2.45) is 0 Å². The maximum atomic E-state index is 11.1. The molecule has 0 amide bonds. The summed E-state index contributed by atoms with van der Waals surface area (Å²) in [5, 5.41) is 3.49. The van der Waals surface area contributed by atoms with Crippen LogP contribution < -0.4 is 5.32 Å². The number of hydrogen-bond donors (Lipinski definition) is 1. The van der Waals surface area contributed by atoms with E-state index in [1.54, 1.807) is 0 Å². The molecule has 1 aliphatic heterocycles. The third-order valence-electron chi connectivity index (χ3n) is 3.63. The zero-order valence-corrected chi connectivity index (χ0v) is 13.3. The van der Waals surface area contributed by atoms with E-state index < -0.39 is 5.60 Å². The number of nitrogens with one attached hydrogen (secondary N) is 1. The highest BCUT2D eigenvalue weighted by molar-refractivity contribution is 5.66. The normalized spacial score (nSPS) is 22.3. The Bertz CT molecular complexity index is 499. The third-order valence-corrected chi connectivity index (χ3v) is 3.63. The van der Waals surface area contributed by atoms with Crippen molar-refractivity contribution >= 4 is 5.97 Å². The standard InChI is InChI=1S/C17H25NO3/c1-12-6-5-7-14(10-12)16-15(8-9-18-16)20-11-17(3,4)21-13(2)19/h5-7,10,15-16,18H,8-9,11H2,1-4H3/t15-,16-/m1/s1. The molecule has 4 heteroatoms. The van der Waals surface area contributed by atoms with E-state index in [-0.39, 0.29) is 18.1 Å². The zero-order valence-electron chi connectivity index (χ0n) is 13.3. The van der Waals surface area contributed by atoms with Gasteiger partial charge in [0.15, 0.2) is 0 Å². The second kappa shape index (κ2) is 6.58. The van der Waals surface area contributed by atoms with Crippen LogP contribution in [0.1, 0.15) is 44.4 Å². The molecule has 1 saturated heterocycles. The van der Waals surface area contributed by atoms with Crippen molar-refractivity contribution in [3.8, 4) is 0 Å². The summed E-state index contributed by atoms with van der Waals surface area (Å²) < 4.78 is 11.3. The van der Waals surface area contributed by atoms with E-state index in [0.717, 1.165) is 13.0 Å². The van der Waals surface area contributed by atoms with Crippen molar-refractivity contribution in [1.29, 1.82) is 0 Å². The van der Waals surface area contributed by atoms with Crippen molar-refractivity contribution in [3.05, 3.63) is 35.4 Å². The van der Waals surface area contributed by atoms with Gasteiger partial charge in [0.25, 0.3) is 0 Å². The second-order valence-electron chi connectivity index (χ2n) is 6.34. The predicted octanol–water partition coefficient (Wildman–Crippen LogP) is 2.76. The largest absolute Gasteiger partial charge is 0.457 e. The van der Waals surface area contributed by atoms with Crippen LogP contribution in [0.5, 0.6) is 0 Å². The molecule has 0 aromatic heterocycles. The Balaban J connectivity index is 1.98. The molecule has 2 rings (SSSR count). The quantitative estimate of drug-likeness (QED) is 0.847. The number of carbonyl (C=O) groups excluding carboxylic acids is 1. The summed E-state index contributed by atoms with van der Waals surface area (Å²) in [5.41, 5.74) is 1.91. The van der Waals surface area contributed by atoms with Crippen molar-refractivity contribution in [1.82, 2.24) is 5.32 Å². The van der Waals surface area contributed by atoms with Gasteiger partial charge >= 0.3 is 5.97 Å². The van der Waals surface area contributed by atoms with Crippen molar-refractivity contribution in [2.45, 2.75) is 51.9 Å². The number of hydrogen-bond acceptors (Lipinski definition) is 4. The smallest absolute Gasteiger partial charge is 0.303 e. The fourth-order valence-corrected chi connectivity index (χ4v) is 2.78. The summed E-state index contributed by atoms with van der Waals surface area (Å²) in [7, 11) is 0. The molecule has 4 nitrogen and oxygen atoms in total. The van der Waals surface area contributed by atoms with E-state index in [1.165, 1.54) is 18.1 Å². The summed E-state index contributed by atoms with van der Waals surface area (Å²) >= 11 is 0. The Labute approximate surface area is 126 Å². The van der Waals surface area contributed by atoms with Crippen molar-refractivity contribution in [3.63, 3.8) is 0 Å². The molecule has 0 radical (unpaired) electrons. The van der Waals surface area contributed by atoms with Gasteiger partial charge in [0.1, 0.15) is 5.60 Å². The Hall–Kier alpha value is -1.39. The summed E-state index contributed by atoms with van der Waals surface area (Å²) in [6.45, 7) is 8.61. The highest BCUT2D eigenvalue weighted by Crippen LogP contribution is 2.28. The van der Waals surface area contributed by atoms with Gasteiger partial charge in [0.2, 0.25) is 0 Å². The van der Waals surface area contributed by atoms with Crippen LogP contribution in [-0.4, -0.2) is 30.8 Å². The lowest BCUT2D eigenvalue weighted by Gasteiger charge is -2.28. The number of esters is 1. The van der Waals surface area contributed by atoms with Gasteiger partial charge in [-0.05, 0) is 39.3 Å². The van der Waals surface area contributed by atoms with Crippen LogP contribution in [0.25, 0.3) is 0 Å². The number of benzene rings is 1. The average molecular weight is 291 g/mol. The molecule has 1 aromatic rings. The van der Waals surface area contributed by atoms with Crippen molar-refractivity contribution in [2.75, 3.05) is 13.2 Å². The zero-order chi connectivity index (χ0) is 15.5. The topological polar surface area (TPSA) is 47.6 Å². The molecule has 1 aliphatic rings. The highest BCUT2D eigenvalue weighted by Gasteiger charge is 2.31. The molecular formula is C17H25NO3. The van der Waals surface area contributed by atoms with Gasteiger partial charge in [-0.3, -0.25) is 4.79 Å². The van der Waals surface area contributed by atoms with Gasteiger partial charge in [0, 0.05) is 6.92 Å². The molecule has 116 valence electrons. The van der Waals surface area contributed by atoms with Gasteiger partial charge < -0.3 is 14.8 Å². The minimum absolute atomic E-state index is 0.113. The van der Waals surface area contributed by atoms with Crippen LogP contribution >= 0.6 is 0 Å². The minimum atomic E-state index is -0.592. The summed E-state index contributed by atoms with van der Waals surface area (Å²) in [4.78, 5) is 11.1. The monoisotopic (exact) mass is 291 g/mol. The summed E-state index contributed by atoms with van der Waals surface area (Å²) in [5.74, 6) is -0.275. The second-order valence-corrected chi connectivity index (χ2v) is 6.34. The first-order valence-electron chi connectivity index (χ1n) is 7.48. The molecule has 1 fully saturated rings. The van der Waals surface area contributed by atoms with Crippen LogP contribution in [0.2, 0.25) is 0 Å². The van der Waals surface area contributed by atoms with E-state index in [0.29, 0.717) is 6.61 Å². The van der Waals surface area contributed by atoms with E-state index in [1.807, 2.05) is 13.8 Å². The fourth-order valence-electron chi connectivity index (χ4n) is 2.78. The lowest BCUT2D eigenvalue weighted by Crippen LogP contribution is -2.36. The van der Waals surface area contributed by atoms with Crippen LogP contribution in [0.15, 0.2) is 24.3 Å². The van der Waals surface area contributed by atoms with E-state index in [2.05, 4.69) is 36.5 Å². The fraction of sp³-hybridized carbons (Fsp3) is 0.588. The molecular weight excluding hydrogens is 266 g/mol. The van der Waals surface area contributed by atoms with E-state index in [4.69, 9.17) is 9.47 Å². The lowest BCUT2D eigenvalue weighted by atomic mass is 10.0. The Morgan fingerprint density at radius 2 is 2.19 bits per heavy atom. The molecule has 1 heterocycles. The molecule has 0 bridgehead atoms. The number of carbonyl (C=O) groups is 1. The first kappa shape index (κ1) is 16.0. The van der Waals surface area contributed by atoms with Crippen LogP contribution in [-0.2, 0) is 14.3 Å². The molecule has 0 saturated carbocycles. The van der Waals surface area contributed by atoms with E-state index in [9.17, 15) is 4.79 Å². The van der Waals surface area contributed by atoms with E-state index >= 15 is 0 Å². The van der Waals surface area contributed by atoms with Gasteiger partial charge in [-0.25, -0.2) is 0 Å². The van der Waals surface area contributed by atoms with Gasteiger partial charge in [-0.2, -0.15) is 0 Å². The number of aryl methyl sites for hydroxylation is 1. The Morgan fingerprint density at radius 3 is 2.86 bits per heavy atom. The average Bonchev–Trinajstić information content (AvgIpc) is 2.83. The first-order valence-corrected chi connectivity index (χ1v) is 7.48. The summed E-state index contributed by atoms with van der Waals surface area (Å²) in [6, 6.07) is 8.70. The molecule has 2 atom stereocenters. The first-order chi connectivity index (χ1) is 9.87. The molecule has 0 unspecified atom stereocenters. The minimum Gasteiger partial charge on any atom is -0.457 e. The maximum absolute atomic E-state index is 11.1. The number of rotatable bonds is 5. The predicted molar refractivity (Wildman–Crippen MR) is 82.1 cm³/mol. The maximum Gasteiger partial charge on any atom is 0.303 e. The SMILES string of the molecule is CC(=O)OC(C)(C)CO[C@@H]1CCN[C@@H]1c1cccc(C)c1. The molecule has 21 heavy (non-hydrogen) atoms. The highest BCUT2D eigenvalue weighted by atomic mass is 16.6. The third kappa shape index (κ3) is 4.55. The van der Waals surface area contributed by atoms with Crippen LogP contribution in [0, 0.1) is 6.92 Å². The Morgan fingerprint density at radius 1 is 1.43 bits per heavy atom. The molecule has 1 N–H and O–H groups in total. The molecule has 0 aliphatic carbocycles. The van der Waals surface area contributed by atoms with Crippen LogP contribution in [0.3, 0.4) is 0 Å². The Kier molecular flexibility index (Phi) is 5.01. The molecule has 0 spiro atoms.